The molecule has 3 nitrogen and oxygen atoms in total. The summed E-state index contributed by atoms with van der Waals surface area (Å²) < 4.78 is 0. The van der Waals surface area contributed by atoms with E-state index in [-0.39, 0.29) is 11.9 Å². The van der Waals surface area contributed by atoms with Crippen LogP contribution in [-0.4, -0.2) is 23.9 Å². The zero-order valence-corrected chi connectivity index (χ0v) is 11.0. The number of hydrogen-bond donors (Lipinski definition) is 1. The maximum atomic E-state index is 12.2. The van der Waals surface area contributed by atoms with Crippen LogP contribution in [0.15, 0.2) is 30.3 Å². The van der Waals surface area contributed by atoms with Gasteiger partial charge in [0.05, 0.1) is 6.04 Å². The standard InChI is InChI=1S/C15H22N2O/c1-12(14-5-3-2-4-6-14)17(11-13-7-8-13)15(18)9-10-16/h2-6,12-13H,7-11,16H2,1H3/t12-/m0/s1. The summed E-state index contributed by atoms with van der Waals surface area (Å²) in [5.74, 6) is 0.888. The topological polar surface area (TPSA) is 46.3 Å². The number of rotatable bonds is 6. The predicted octanol–water partition coefficient (Wildman–Crippen LogP) is 2.33. The van der Waals surface area contributed by atoms with Crippen molar-refractivity contribution in [3.63, 3.8) is 0 Å². The molecule has 0 unspecified atom stereocenters. The fraction of sp³-hybridized carbons (Fsp3) is 0.533. The van der Waals surface area contributed by atoms with E-state index >= 15 is 0 Å². The summed E-state index contributed by atoms with van der Waals surface area (Å²) in [6, 6.07) is 10.4. The van der Waals surface area contributed by atoms with Crippen LogP contribution in [0.3, 0.4) is 0 Å². The molecule has 18 heavy (non-hydrogen) atoms. The van der Waals surface area contributed by atoms with Crippen molar-refractivity contribution in [3.8, 4) is 0 Å². The van der Waals surface area contributed by atoms with Gasteiger partial charge in [-0.25, -0.2) is 0 Å². The van der Waals surface area contributed by atoms with Gasteiger partial charge in [-0.2, -0.15) is 0 Å². The van der Waals surface area contributed by atoms with Crippen molar-refractivity contribution >= 4 is 5.91 Å². The van der Waals surface area contributed by atoms with Crippen LogP contribution in [0.4, 0.5) is 0 Å². The van der Waals surface area contributed by atoms with Crippen molar-refractivity contribution in [2.24, 2.45) is 11.7 Å². The van der Waals surface area contributed by atoms with Crippen LogP contribution in [0.2, 0.25) is 0 Å². The lowest BCUT2D eigenvalue weighted by atomic mass is 10.1. The maximum Gasteiger partial charge on any atom is 0.224 e. The average molecular weight is 246 g/mol. The summed E-state index contributed by atoms with van der Waals surface area (Å²) in [5, 5.41) is 0. The van der Waals surface area contributed by atoms with E-state index in [1.54, 1.807) is 0 Å². The highest BCUT2D eigenvalue weighted by molar-refractivity contribution is 5.77. The van der Waals surface area contributed by atoms with Crippen LogP contribution in [0.5, 0.6) is 0 Å². The molecule has 3 heteroatoms. The molecule has 1 aliphatic carbocycles. The van der Waals surface area contributed by atoms with Crippen LogP contribution < -0.4 is 5.73 Å². The molecule has 1 atom stereocenters. The lowest BCUT2D eigenvalue weighted by Crippen LogP contribution is -2.36. The quantitative estimate of drug-likeness (QED) is 0.837. The highest BCUT2D eigenvalue weighted by Crippen LogP contribution is 2.33. The lowest BCUT2D eigenvalue weighted by molar-refractivity contribution is -0.133. The summed E-state index contributed by atoms with van der Waals surface area (Å²) >= 11 is 0. The number of nitrogens with zero attached hydrogens (tertiary/aromatic N) is 1. The van der Waals surface area contributed by atoms with E-state index in [1.165, 1.54) is 18.4 Å². The number of carbonyl (C=O) groups excluding carboxylic acids is 1. The monoisotopic (exact) mass is 246 g/mol. The largest absolute Gasteiger partial charge is 0.336 e. The molecule has 2 N–H and O–H groups in total. The van der Waals surface area contributed by atoms with Crippen LogP contribution in [0.1, 0.15) is 37.8 Å². The molecule has 1 amide bonds. The third-order valence-corrected chi connectivity index (χ3v) is 3.58. The van der Waals surface area contributed by atoms with E-state index in [1.807, 2.05) is 23.1 Å². The summed E-state index contributed by atoms with van der Waals surface area (Å²) in [7, 11) is 0. The van der Waals surface area contributed by atoms with E-state index in [0.717, 1.165) is 6.54 Å². The highest BCUT2D eigenvalue weighted by atomic mass is 16.2. The first-order valence-corrected chi connectivity index (χ1v) is 6.77. The second kappa shape index (κ2) is 6.01. The van der Waals surface area contributed by atoms with Gasteiger partial charge in [-0.3, -0.25) is 4.79 Å². The molecule has 0 saturated heterocycles. The molecule has 1 aliphatic rings. The normalized spacial score (nSPS) is 16.3. The van der Waals surface area contributed by atoms with E-state index in [2.05, 4.69) is 19.1 Å². The molecule has 1 saturated carbocycles. The first kappa shape index (κ1) is 13.1. The molecule has 2 rings (SSSR count). The molecule has 0 bridgehead atoms. The molecule has 1 aromatic carbocycles. The van der Waals surface area contributed by atoms with Crippen LogP contribution in [0.25, 0.3) is 0 Å². The molecule has 0 aliphatic heterocycles. The Morgan fingerprint density at radius 3 is 2.61 bits per heavy atom. The summed E-state index contributed by atoms with van der Waals surface area (Å²) in [6.07, 6.45) is 2.96. The molecule has 1 aromatic rings. The molecule has 0 heterocycles. The van der Waals surface area contributed by atoms with E-state index in [0.29, 0.717) is 18.9 Å². The first-order chi connectivity index (χ1) is 8.72. The van der Waals surface area contributed by atoms with Crippen LogP contribution in [0, 0.1) is 5.92 Å². The van der Waals surface area contributed by atoms with E-state index < -0.39 is 0 Å². The molecule has 0 aromatic heterocycles. The predicted molar refractivity (Wildman–Crippen MR) is 73.0 cm³/mol. The summed E-state index contributed by atoms with van der Waals surface area (Å²) in [6.45, 7) is 3.42. The molecule has 98 valence electrons. The van der Waals surface area contributed by atoms with E-state index in [9.17, 15) is 4.79 Å². The Kier molecular flexibility index (Phi) is 4.37. The van der Waals surface area contributed by atoms with Crippen molar-refractivity contribution in [2.45, 2.75) is 32.2 Å². The van der Waals surface area contributed by atoms with Gasteiger partial charge >= 0.3 is 0 Å². The minimum atomic E-state index is 0.144. The number of nitrogens with two attached hydrogens (primary N) is 1. The molecule has 0 radical (unpaired) electrons. The number of amides is 1. The van der Waals surface area contributed by atoms with Gasteiger partial charge < -0.3 is 10.6 Å². The van der Waals surface area contributed by atoms with E-state index in [4.69, 9.17) is 5.73 Å². The van der Waals surface area contributed by atoms with Gasteiger partial charge in [0.2, 0.25) is 5.91 Å². The van der Waals surface area contributed by atoms with Crippen molar-refractivity contribution in [3.05, 3.63) is 35.9 Å². The Morgan fingerprint density at radius 1 is 1.39 bits per heavy atom. The Bertz CT molecular complexity index is 387. The second-order valence-electron chi connectivity index (χ2n) is 5.11. The van der Waals surface area contributed by atoms with Crippen molar-refractivity contribution in [2.75, 3.05) is 13.1 Å². The minimum Gasteiger partial charge on any atom is -0.336 e. The molecule has 1 fully saturated rings. The smallest absolute Gasteiger partial charge is 0.224 e. The SMILES string of the molecule is C[C@@H](c1ccccc1)N(CC1CC1)C(=O)CCN. The van der Waals surface area contributed by atoms with Crippen LogP contribution >= 0.6 is 0 Å². The van der Waals surface area contributed by atoms with Crippen LogP contribution in [-0.2, 0) is 4.79 Å². The fourth-order valence-corrected chi connectivity index (χ4v) is 2.23. The molecule has 0 spiro atoms. The fourth-order valence-electron chi connectivity index (χ4n) is 2.23. The van der Waals surface area contributed by atoms with Gasteiger partial charge in [0, 0.05) is 19.5 Å². The van der Waals surface area contributed by atoms with Crippen molar-refractivity contribution < 1.29 is 4.79 Å². The Hall–Kier alpha value is -1.35. The minimum absolute atomic E-state index is 0.144. The third-order valence-electron chi connectivity index (χ3n) is 3.58. The average Bonchev–Trinajstić information content (AvgIpc) is 3.20. The summed E-state index contributed by atoms with van der Waals surface area (Å²) in [4.78, 5) is 14.2. The van der Waals surface area contributed by atoms with Gasteiger partial charge in [0.25, 0.3) is 0 Å². The highest BCUT2D eigenvalue weighted by Gasteiger charge is 2.29. The Labute approximate surface area is 109 Å². The summed E-state index contributed by atoms with van der Waals surface area (Å²) in [5.41, 5.74) is 6.70. The maximum absolute atomic E-state index is 12.2. The van der Waals surface area contributed by atoms with Gasteiger partial charge in [-0.15, -0.1) is 0 Å². The number of carbonyl (C=O) groups is 1. The van der Waals surface area contributed by atoms with Crippen molar-refractivity contribution in [1.29, 1.82) is 0 Å². The van der Waals surface area contributed by atoms with Crippen molar-refractivity contribution in [1.82, 2.24) is 4.90 Å². The van der Waals surface area contributed by atoms with Gasteiger partial charge in [-0.05, 0) is 31.2 Å². The first-order valence-electron chi connectivity index (χ1n) is 6.77. The molecular weight excluding hydrogens is 224 g/mol. The zero-order valence-electron chi connectivity index (χ0n) is 11.0. The molecular formula is C15H22N2O. The number of hydrogen-bond acceptors (Lipinski definition) is 2. The van der Waals surface area contributed by atoms with Gasteiger partial charge in [0.1, 0.15) is 0 Å². The third kappa shape index (κ3) is 3.33. The van der Waals surface area contributed by atoms with Gasteiger partial charge in [0.15, 0.2) is 0 Å². The van der Waals surface area contributed by atoms with Gasteiger partial charge in [-0.1, -0.05) is 30.3 Å². The lowest BCUT2D eigenvalue weighted by Gasteiger charge is -2.30. The second-order valence-corrected chi connectivity index (χ2v) is 5.11. The Morgan fingerprint density at radius 2 is 2.06 bits per heavy atom. The Balaban J connectivity index is 2.09. The zero-order chi connectivity index (χ0) is 13.0. The number of benzene rings is 1.